The van der Waals surface area contributed by atoms with Crippen molar-refractivity contribution in [3.8, 4) is 5.75 Å². The predicted octanol–water partition coefficient (Wildman–Crippen LogP) is 3.05. The van der Waals surface area contributed by atoms with Gasteiger partial charge in [0.05, 0.1) is 6.04 Å². The van der Waals surface area contributed by atoms with Gasteiger partial charge in [-0.15, -0.1) is 0 Å². The minimum Gasteiger partial charge on any atom is -0.468 e. The summed E-state index contributed by atoms with van der Waals surface area (Å²) in [5, 5.41) is 8.98. The molecule has 2 aliphatic heterocycles. The highest BCUT2D eigenvalue weighted by atomic mass is 16.6. The molecular formula is C24H34N2O6. The van der Waals surface area contributed by atoms with E-state index in [9.17, 15) is 9.59 Å². The molecule has 0 saturated carbocycles. The maximum absolute atomic E-state index is 12.8. The summed E-state index contributed by atoms with van der Waals surface area (Å²) >= 11 is 0. The van der Waals surface area contributed by atoms with Crippen molar-refractivity contribution < 1.29 is 28.9 Å². The van der Waals surface area contributed by atoms with Gasteiger partial charge in [-0.25, -0.2) is 4.79 Å². The Labute approximate surface area is 189 Å². The zero-order valence-corrected chi connectivity index (χ0v) is 19.6. The Kier molecular flexibility index (Phi) is 7.46. The van der Waals surface area contributed by atoms with Gasteiger partial charge in [0.15, 0.2) is 6.79 Å². The van der Waals surface area contributed by atoms with Gasteiger partial charge < -0.3 is 24.2 Å². The molecule has 3 rings (SSSR count). The molecule has 8 nitrogen and oxygen atoms in total. The molecule has 1 aromatic rings. The number of piperazine rings is 1. The zero-order chi connectivity index (χ0) is 23.5. The number of fused-ring (bicyclic) bond motifs is 2. The molecule has 0 aromatic heterocycles. The first-order chi connectivity index (χ1) is 15.1. The van der Waals surface area contributed by atoms with E-state index in [1.807, 2.05) is 45.0 Å². The standard InChI is InChI=1S/C24H34N2O6/c1-6-22(28)30-14-20-19(16-7-9-18(10-8-16)31-15-27)11-17-12-26(13-21(20)25(17)5)23(29)32-24(2,3)4/h7-10,17,21,27H,6,11-15H2,1-5H3. The third-order valence-electron chi connectivity index (χ3n) is 5.88. The normalized spacial score (nSPS) is 21.4. The van der Waals surface area contributed by atoms with Gasteiger partial charge in [-0.05, 0) is 63.1 Å². The number of hydrogen-bond acceptors (Lipinski definition) is 7. The van der Waals surface area contributed by atoms with E-state index in [-0.39, 0.29) is 37.5 Å². The molecular weight excluding hydrogens is 412 g/mol. The summed E-state index contributed by atoms with van der Waals surface area (Å²) < 4.78 is 16.3. The third-order valence-corrected chi connectivity index (χ3v) is 5.88. The Hall–Kier alpha value is -2.58. The fourth-order valence-electron chi connectivity index (χ4n) is 4.23. The number of likely N-dealkylation sites (N-methyl/N-ethyl adjacent to an activating group) is 1. The smallest absolute Gasteiger partial charge is 0.410 e. The second-order valence-electron chi connectivity index (χ2n) is 9.24. The number of aliphatic hydroxyl groups excluding tert-OH is 1. The van der Waals surface area contributed by atoms with E-state index in [1.165, 1.54) is 0 Å². The van der Waals surface area contributed by atoms with Gasteiger partial charge in [0, 0.05) is 25.6 Å². The van der Waals surface area contributed by atoms with Crippen LogP contribution >= 0.6 is 0 Å². The molecule has 2 bridgehead atoms. The average Bonchev–Trinajstić information content (AvgIpc) is 2.72. The van der Waals surface area contributed by atoms with Gasteiger partial charge in [0.2, 0.25) is 0 Å². The molecule has 1 amide bonds. The van der Waals surface area contributed by atoms with E-state index in [0.717, 1.165) is 16.7 Å². The Morgan fingerprint density at radius 1 is 1.16 bits per heavy atom. The van der Waals surface area contributed by atoms with Crippen molar-refractivity contribution >= 4 is 17.6 Å². The number of carbonyl (C=O) groups excluding carboxylic acids is 2. The first-order valence-electron chi connectivity index (χ1n) is 11.0. The molecule has 1 saturated heterocycles. The molecule has 2 heterocycles. The second kappa shape index (κ2) is 9.92. The molecule has 32 heavy (non-hydrogen) atoms. The lowest BCUT2D eigenvalue weighted by Crippen LogP contribution is -2.61. The third kappa shape index (κ3) is 5.61. The van der Waals surface area contributed by atoms with Crippen LogP contribution in [0.3, 0.4) is 0 Å². The van der Waals surface area contributed by atoms with Gasteiger partial charge >= 0.3 is 12.1 Å². The lowest BCUT2D eigenvalue weighted by atomic mass is 9.82. The number of amides is 1. The van der Waals surface area contributed by atoms with Crippen molar-refractivity contribution in [2.75, 3.05) is 33.5 Å². The predicted molar refractivity (Wildman–Crippen MR) is 120 cm³/mol. The van der Waals surface area contributed by atoms with E-state index >= 15 is 0 Å². The monoisotopic (exact) mass is 446 g/mol. The number of carbonyl (C=O) groups is 2. The SMILES string of the molecule is CCC(=O)OCC1=C(c2ccc(OCO)cc2)CC2CN(C(=O)OC(C)(C)C)CC1N2C. The molecule has 1 aromatic carbocycles. The number of nitrogens with zero attached hydrogens (tertiary/aromatic N) is 2. The van der Waals surface area contributed by atoms with Crippen LogP contribution in [0.5, 0.6) is 5.75 Å². The number of aliphatic hydroxyl groups is 1. The number of benzene rings is 1. The molecule has 8 heteroatoms. The number of esters is 1. The number of ether oxygens (including phenoxy) is 3. The van der Waals surface area contributed by atoms with Crippen molar-refractivity contribution in [2.24, 2.45) is 0 Å². The summed E-state index contributed by atoms with van der Waals surface area (Å²) in [5.41, 5.74) is 2.58. The summed E-state index contributed by atoms with van der Waals surface area (Å²) in [4.78, 5) is 28.7. The molecule has 0 spiro atoms. The minimum atomic E-state index is -0.561. The summed E-state index contributed by atoms with van der Waals surface area (Å²) in [7, 11) is 2.05. The van der Waals surface area contributed by atoms with Crippen molar-refractivity contribution in [3.05, 3.63) is 35.4 Å². The number of hydrogen-bond donors (Lipinski definition) is 1. The van der Waals surface area contributed by atoms with Crippen molar-refractivity contribution in [1.82, 2.24) is 9.80 Å². The average molecular weight is 447 g/mol. The number of rotatable bonds is 6. The first-order valence-corrected chi connectivity index (χ1v) is 11.0. The van der Waals surface area contributed by atoms with Crippen LogP contribution in [0.25, 0.3) is 5.57 Å². The van der Waals surface area contributed by atoms with Crippen LogP contribution in [-0.2, 0) is 14.3 Å². The van der Waals surface area contributed by atoms with Gasteiger partial charge in [0.25, 0.3) is 0 Å². The van der Waals surface area contributed by atoms with Crippen LogP contribution in [0.2, 0.25) is 0 Å². The van der Waals surface area contributed by atoms with Crippen molar-refractivity contribution in [2.45, 2.75) is 58.2 Å². The van der Waals surface area contributed by atoms with E-state index in [4.69, 9.17) is 19.3 Å². The summed E-state index contributed by atoms with van der Waals surface area (Å²) in [6.45, 7) is 8.19. The fourth-order valence-corrected chi connectivity index (χ4v) is 4.23. The quantitative estimate of drug-likeness (QED) is 0.531. The van der Waals surface area contributed by atoms with Crippen LogP contribution in [-0.4, -0.2) is 78.2 Å². The van der Waals surface area contributed by atoms with E-state index in [2.05, 4.69) is 11.9 Å². The van der Waals surface area contributed by atoms with Crippen molar-refractivity contribution in [1.29, 1.82) is 0 Å². The van der Waals surface area contributed by atoms with Gasteiger partial charge in [-0.1, -0.05) is 19.1 Å². The van der Waals surface area contributed by atoms with Crippen LogP contribution < -0.4 is 4.74 Å². The lowest BCUT2D eigenvalue weighted by Gasteiger charge is -2.49. The molecule has 2 atom stereocenters. The first kappa shape index (κ1) is 24.1. The lowest BCUT2D eigenvalue weighted by molar-refractivity contribution is -0.142. The molecule has 2 unspecified atom stereocenters. The van der Waals surface area contributed by atoms with Gasteiger partial charge in [-0.3, -0.25) is 9.69 Å². The Morgan fingerprint density at radius 3 is 2.44 bits per heavy atom. The molecule has 1 fully saturated rings. The van der Waals surface area contributed by atoms with Gasteiger partial charge in [-0.2, -0.15) is 0 Å². The molecule has 176 valence electrons. The maximum atomic E-state index is 12.8. The van der Waals surface area contributed by atoms with Crippen LogP contribution in [0, 0.1) is 0 Å². The molecule has 2 aliphatic rings. The Balaban J connectivity index is 1.93. The van der Waals surface area contributed by atoms with Gasteiger partial charge in [0.1, 0.15) is 18.0 Å². The Morgan fingerprint density at radius 2 is 1.84 bits per heavy atom. The summed E-state index contributed by atoms with van der Waals surface area (Å²) in [6, 6.07) is 7.58. The molecule has 0 aliphatic carbocycles. The largest absolute Gasteiger partial charge is 0.468 e. The van der Waals surface area contributed by atoms with E-state index in [1.54, 1.807) is 11.8 Å². The molecule has 1 N–H and O–H groups in total. The van der Waals surface area contributed by atoms with Crippen LogP contribution in [0.1, 0.15) is 46.1 Å². The van der Waals surface area contributed by atoms with E-state index in [0.29, 0.717) is 31.7 Å². The highest BCUT2D eigenvalue weighted by Gasteiger charge is 2.42. The fraction of sp³-hybridized carbons (Fsp3) is 0.583. The van der Waals surface area contributed by atoms with Crippen LogP contribution in [0.4, 0.5) is 4.79 Å². The molecule has 0 radical (unpaired) electrons. The van der Waals surface area contributed by atoms with Crippen molar-refractivity contribution in [3.63, 3.8) is 0 Å². The maximum Gasteiger partial charge on any atom is 0.410 e. The Bertz CT molecular complexity index is 858. The minimum absolute atomic E-state index is 0.0805. The highest BCUT2D eigenvalue weighted by molar-refractivity contribution is 5.75. The topological polar surface area (TPSA) is 88.5 Å². The van der Waals surface area contributed by atoms with E-state index < -0.39 is 5.60 Å². The summed E-state index contributed by atoms with van der Waals surface area (Å²) in [6.07, 6.45) is 0.702. The summed E-state index contributed by atoms with van der Waals surface area (Å²) in [5.74, 6) is 0.327. The zero-order valence-electron chi connectivity index (χ0n) is 19.6. The highest BCUT2D eigenvalue weighted by Crippen LogP contribution is 2.38. The second-order valence-corrected chi connectivity index (χ2v) is 9.24. The van der Waals surface area contributed by atoms with Crippen LogP contribution in [0.15, 0.2) is 29.8 Å².